The van der Waals surface area contributed by atoms with E-state index >= 15 is 0 Å². The zero-order chi connectivity index (χ0) is 15.7. The lowest BCUT2D eigenvalue weighted by Gasteiger charge is -2.22. The van der Waals surface area contributed by atoms with Crippen molar-refractivity contribution in [1.29, 1.82) is 0 Å². The molecule has 0 radical (unpaired) electrons. The number of unbranched alkanes of at least 4 members (excludes halogenated alkanes) is 3. The van der Waals surface area contributed by atoms with Gasteiger partial charge in [-0.15, -0.1) is 0 Å². The predicted octanol–water partition coefficient (Wildman–Crippen LogP) is 1.95. The number of aliphatic hydroxyl groups excluding tert-OH is 1. The summed E-state index contributed by atoms with van der Waals surface area (Å²) in [5.41, 5.74) is 0.555. The maximum atomic E-state index is 11.7. The van der Waals surface area contributed by atoms with Crippen LogP contribution in [0.4, 0.5) is 0 Å². The Labute approximate surface area is 126 Å². The highest BCUT2D eigenvalue weighted by Crippen LogP contribution is 2.11. The van der Waals surface area contributed by atoms with Crippen molar-refractivity contribution < 1.29 is 10.2 Å². The Hall–Kier alpha value is -1.33. The summed E-state index contributed by atoms with van der Waals surface area (Å²) in [7, 11) is 0. The minimum absolute atomic E-state index is 0.104. The van der Waals surface area contributed by atoms with Crippen LogP contribution in [-0.2, 0) is 13.1 Å². The van der Waals surface area contributed by atoms with Crippen LogP contribution >= 0.6 is 0 Å². The van der Waals surface area contributed by atoms with Crippen molar-refractivity contribution in [3.05, 3.63) is 28.2 Å². The van der Waals surface area contributed by atoms with Gasteiger partial charge in [0, 0.05) is 31.4 Å². The van der Waals surface area contributed by atoms with Crippen LogP contribution in [0.3, 0.4) is 0 Å². The molecule has 1 rings (SSSR count). The fourth-order valence-corrected chi connectivity index (χ4v) is 2.38. The van der Waals surface area contributed by atoms with Crippen molar-refractivity contribution in [2.45, 2.75) is 52.6 Å². The van der Waals surface area contributed by atoms with Gasteiger partial charge in [-0.1, -0.05) is 33.1 Å². The second-order valence-corrected chi connectivity index (χ2v) is 5.36. The summed E-state index contributed by atoms with van der Waals surface area (Å²) in [5, 5.41) is 18.7. The average molecular weight is 296 g/mol. The van der Waals surface area contributed by atoms with Crippen LogP contribution in [-0.4, -0.2) is 39.4 Å². The highest BCUT2D eigenvalue weighted by atomic mass is 16.3. The Morgan fingerprint density at radius 1 is 1.24 bits per heavy atom. The summed E-state index contributed by atoms with van der Waals surface area (Å²) in [6, 6.07) is 1.51. The monoisotopic (exact) mass is 296 g/mol. The molecule has 1 heterocycles. The molecule has 0 atom stereocenters. The quantitative estimate of drug-likeness (QED) is 0.648. The van der Waals surface area contributed by atoms with E-state index in [9.17, 15) is 9.90 Å². The van der Waals surface area contributed by atoms with Gasteiger partial charge >= 0.3 is 0 Å². The Bertz CT molecular complexity index is 471. The third-order valence-corrected chi connectivity index (χ3v) is 3.70. The van der Waals surface area contributed by atoms with Gasteiger partial charge in [0.2, 0.25) is 5.43 Å². The summed E-state index contributed by atoms with van der Waals surface area (Å²) in [6.07, 6.45) is 6.11. The van der Waals surface area contributed by atoms with E-state index in [-0.39, 0.29) is 17.8 Å². The molecule has 5 nitrogen and oxygen atoms in total. The van der Waals surface area contributed by atoms with Crippen LogP contribution in [0.15, 0.2) is 17.1 Å². The van der Waals surface area contributed by atoms with E-state index < -0.39 is 0 Å². The Morgan fingerprint density at radius 3 is 2.62 bits per heavy atom. The molecule has 0 aliphatic heterocycles. The third-order valence-electron chi connectivity index (χ3n) is 3.70. The van der Waals surface area contributed by atoms with Crippen LogP contribution in [0, 0.1) is 0 Å². The number of hydrogen-bond acceptors (Lipinski definition) is 4. The minimum atomic E-state index is -0.338. The first-order valence-electron chi connectivity index (χ1n) is 7.87. The molecule has 0 bridgehead atoms. The average Bonchev–Trinajstić information content (AvgIpc) is 2.47. The molecule has 0 saturated carbocycles. The number of rotatable bonds is 10. The molecule has 2 N–H and O–H groups in total. The Morgan fingerprint density at radius 2 is 2.00 bits per heavy atom. The first-order valence-corrected chi connectivity index (χ1v) is 7.87. The molecule has 5 heteroatoms. The summed E-state index contributed by atoms with van der Waals surface area (Å²) < 4.78 is 1.96. The Balaban J connectivity index is 2.83. The van der Waals surface area contributed by atoms with Crippen molar-refractivity contribution in [1.82, 2.24) is 9.47 Å². The zero-order valence-electron chi connectivity index (χ0n) is 13.2. The van der Waals surface area contributed by atoms with E-state index in [4.69, 9.17) is 5.11 Å². The number of aryl methyl sites for hydroxylation is 1. The molecule has 0 amide bonds. The molecule has 0 aromatic carbocycles. The molecular formula is C16H28N2O3. The molecule has 1 aromatic heterocycles. The number of likely N-dealkylation sites (N-methyl/N-ethyl adjacent to an activating group) is 1. The largest absolute Gasteiger partial charge is 0.503 e. The van der Waals surface area contributed by atoms with Gasteiger partial charge in [0.05, 0.1) is 12.8 Å². The summed E-state index contributed by atoms with van der Waals surface area (Å²) in [6.45, 7) is 7.12. The first-order chi connectivity index (χ1) is 10.1. The standard InChI is InChI=1S/C16H28N2O3/c1-3-5-6-7-8-18-13-16(21)15(20)11-14(18)12-17(4-2)9-10-19/h11,13,19,21H,3-10,12H2,1-2H3. The fraction of sp³-hybridized carbons (Fsp3) is 0.688. The maximum Gasteiger partial charge on any atom is 0.223 e. The number of nitrogens with zero attached hydrogens (tertiary/aromatic N) is 2. The van der Waals surface area contributed by atoms with E-state index in [2.05, 4.69) is 11.8 Å². The molecule has 0 saturated heterocycles. The molecule has 0 unspecified atom stereocenters. The topological polar surface area (TPSA) is 65.7 Å². The van der Waals surface area contributed by atoms with Crippen LogP contribution in [0.2, 0.25) is 0 Å². The number of aliphatic hydroxyl groups is 1. The smallest absolute Gasteiger partial charge is 0.223 e. The normalized spacial score (nSPS) is 11.2. The van der Waals surface area contributed by atoms with E-state index in [0.29, 0.717) is 13.1 Å². The van der Waals surface area contributed by atoms with Gasteiger partial charge in [0.1, 0.15) is 0 Å². The molecule has 0 fully saturated rings. The van der Waals surface area contributed by atoms with Gasteiger partial charge < -0.3 is 14.8 Å². The highest BCUT2D eigenvalue weighted by Gasteiger charge is 2.09. The lowest BCUT2D eigenvalue weighted by molar-refractivity contribution is 0.193. The van der Waals surface area contributed by atoms with Gasteiger partial charge in [-0.25, -0.2) is 0 Å². The lowest BCUT2D eigenvalue weighted by Crippen LogP contribution is -2.28. The molecule has 1 aromatic rings. The SMILES string of the molecule is CCCCCCn1cc(O)c(=O)cc1CN(CC)CCO. The number of aromatic nitrogens is 1. The van der Waals surface area contributed by atoms with E-state index in [1.165, 1.54) is 25.1 Å². The molecule has 0 aliphatic rings. The van der Waals surface area contributed by atoms with Crippen molar-refractivity contribution in [3.63, 3.8) is 0 Å². The van der Waals surface area contributed by atoms with Gasteiger partial charge in [0.15, 0.2) is 5.75 Å². The van der Waals surface area contributed by atoms with Crippen molar-refractivity contribution >= 4 is 0 Å². The maximum absolute atomic E-state index is 11.7. The van der Waals surface area contributed by atoms with E-state index in [1.807, 2.05) is 11.5 Å². The molecule has 0 spiro atoms. The molecular weight excluding hydrogens is 268 g/mol. The second-order valence-electron chi connectivity index (χ2n) is 5.36. The highest BCUT2D eigenvalue weighted by molar-refractivity contribution is 5.20. The van der Waals surface area contributed by atoms with Crippen LogP contribution < -0.4 is 5.43 Å². The number of pyridine rings is 1. The predicted molar refractivity (Wildman–Crippen MR) is 84.5 cm³/mol. The minimum Gasteiger partial charge on any atom is -0.503 e. The first kappa shape index (κ1) is 17.7. The number of hydrogen-bond donors (Lipinski definition) is 2. The van der Waals surface area contributed by atoms with Crippen molar-refractivity contribution in [2.75, 3.05) is 19.7 Å². The zero-order valence-corrected chi connectivity index (χ0v) is 13.2. The van der Waals surface area contributed by atoms with Gasteiger partial charge in [-0.2, -0.15) is 0 Å². The number of aromatic hydroxyl groups is 1. The van der Waals surface area contributed by atoms with E-state index in [1.54, 1.807) is 0 Å². The van der Waals surface area contributed by atoms with Crippen LogP contribution in [0.1, 0.15) is 45.2 Å². The summed E-state index contributed by atoms with van der Waals surface area (Å²) in [4.78, 5) is 13.7. The van der Waals surface area contributed by atoms with Crippen molar-refractivity contribution in [3.8, 4) is 5.75 Å². The van der Waals surface area contributed by atoms with Gasteiger partial charge in [0.25, 0.3) is 0 Å². The lowest BCUT2D eigenvalue weighted by atomic mass is 10.2. The summed E-state index contributed by atoms with van der Waals surface area (Å²) >= 11 is 0. The molecule has 0 aliphatic carbocycles. The second kappa shape index (κ2) is 9.58. The van der Waals surface area contributed by atoms with Gasteiger partial charge in [-0.3, -0.25) is 9.69 Å². The van der Waals surface area contributed by atoms with Gasteiger partial charge in [-0.05, 0) is 13.0 Å². The molecule has 21 heavy (non-hydrogen) atoms. The van der Waals surface area contributed by atoms with Crippen LogP contribution in [0.5, 0.6) is 5.75 Å². The Kier molecular flexibility index (Phi) is 8.08. The fourth-order valence-electron chi connectivity index (χ4n) is 2.38. The third kappa shape index (κ3) is 5.89. The van der Waals surface area contributed by atoms with Crippen LogP contribution in [0.25, 0.3) is 0 Å². The molecule has 120 valence electrons. The summed E-state index contributed by atoms with van der Waals surface area (Å²) in [5.74, 6) is -0.195. The van der Waals surface area contributed by atoms with Crippen molar-refractivity contribution in [2.24, 2.45) is 0 Å². The van der Waals surface area contributed by atoms with E-state index in [0.717, 1.165) is 31.6 Å².